The van der Waals surface area contributed by atoms with Crippen molar-refractivity contribution in [2.75, 3.05) is 33.7 Å². The van der Waals surface area contributed by atoms with Crippen molar-refractivity contribution < 1.29 is 0 Å². The van der Waals surface area contributed by atoms with E-state index in [-0.39, 0.29) is 24.8 Å². The van der Waals surface area contributed by atoms with E-state index in [9.17, 15) is 0 Å². The Morgan fingerprint density at radius 1 is 1.15 bits per heavy atom. The van der Waals surface area contributed by atoms with E-state index in [0.717, 1.165) is 5.92 Å². The number of hydrogen-bond acceptors (Lipinski definition) is 2. The summed E-state index contributed by atoms with van der Waals surface area (Å²) in [5.74, 6) is 0.931. The van der Waals surface area contributed by atoms with Gasteiger partial charge in [0, 0.05) is 6.54 Å². The summed E-state index contributed by atoms with van der Waals surface area (Å²) in [4.78, 5) is 2.30. The molecule has 1 aliphatic rings. The van der Waals surface area contributed by atoms with E-state index in [0.29, 0.717) is 0 Å². The zero-order valence-electron chi connectivity index (χ0n) is 8.58. The summed E-state index contributed by atoms with van der Waals surface area (Å²) in [6, 6.07) is 0. The van der Waals surface area contributed by atoms with Gasteiger partial charge in [-0.2, -0.15) is 0 Å². The Morgan fingerprint density at radius 3 is 2.46 bits per heavy atom. The maximum atomic E-state index is 3.43. The molecule has 1 aliphatic heterocycles. The van der Waals surface area contributed by atoms with E-state index in [1.807, 2.05) is 0 Å². The first-order valence-corrected chi connectivity index (χ1v) is 4.64. The molecule has 82 valence electrons. The van der Waals surface area contributed by atoms with Gasteiger partial charge in [-0.3, -0.25) is 0 Å². The molecule has 13 heavy (non-hydrogen) atoms. The molecule has 1 unspecified atom stereocenters. The lowest BCUT2D eigenvalue weighted by molar-refractivity contribution is 0.306. The molecule has 0 aromatic heterocycles. The van der Waals surface area contributed by atoms with Gasteiger partial charge in [0.2, 0.25) is 0 Å². The van der Waals surface area contributed by atoms with Crippen molar-refractivity contribution in [1.82, 2.24) is 10.2 Å². The zero-order chi connectivity index (χ0) is 8.10. The number of nitrogens with zero attached hydrogens (tertiary/aromatic N) is 1. The van der Waals surface area contributed by atoms with Crippen LogP contribution in [-0.4, -0.2) is 38.6 Å². The van der Waals surface area contributed by atoms with Gasteiger partial charge in [0.15, 0.2) is 0 Å². The fourth-order valence-electron chi connectivity index (χ4n) is 1.79. The van der Waals surface area contributed by atoms with Gasteiger partial charge < -0.3 is 10.2 Å². The zero-order valence-corrected chi connectivity index (χ0v) is 10.2. The standard InChI is InChI=1S/C9H20N2.2ClH/c1-11(2)8-9-4-3-6-10-7-5-9;;/h9-10H,3-8H2,1-2H3;2*1H. The van der Waals surface area contributed by atoms with Crippen LogP contribution in [-0.2, 0) is 0 Å². The molecule has 0 radical (unpaired) electrons. The van der Waals surface area contributed by atoms with E-state index in [4.69, 9.17) is 0 Å². The van der Waals surface area contributed by atoms with Crippen LogP contribution in [0.1, 0.15) is 19.3 Å². The van der Waals surface area contributed by atoms with Gasteiger partial charge in [0.1, 0.15) is 0 Å². The van der Waals surface area contributed by atoms with Crippen LogP contribution < -0.4 is 5.32 Å². The van der Waals surface area contributed by atoms with Gasteiger partial charge in [-0.25, -0.2) is 0 Å². The van der Waals surface area contributed by atoms with E-state index in [1.54, 1.807) is 0 Å². The van der Waals surface area contributed by atoms with Gasteiger partial charge in [-0.05, 0) is 52.4 Å². The minimum atomic E-state index is 0. The molecule has 1 fully saturated rings. The summed E-state index contributed by atoms with van der Waals surface area (Å²) in [6.45, 7) is 3.71. The third kappa shape index (κ3) is 7.56. The molecule has 0 bridgehead atoms. The average molecular weight is 229 g/mol. The van der Waals surface area contributed by atoms with Gasteiger partial charge in [0.25, 0.3) is 0 Å². The van der Waals surface area contributed by atoms with Crippen molar-refractivity contribution in [1.29, 1.82) is 0 Å². The third-order valence-electron chi connectivity index (χ3n) is 2.32. The summed E-state index contributed by atoms with van der Waals surface area (Å²) in [7, 11) is 4.33. The van der Waals surface area contributed by atoms with Crippen LogP contribution in [0.25, 0.3) is 0 Å². The second-order valence-corrected chi connectivity index (χ2v) is 3.81. The van der Waals surface area contributed by atoms with Crippen molar-refractivity contribution in [3.8, 4) is 0 Å². The Balaban J connectivity index is 0. The molecule has 0 aromatic carbocycles. The number of nitrogens with one attached hydrogen (secondary N) is 1. The molecular weight excluding hydrogens is 207 g/mol. The maximum absolute atomic E-state index is 3.43. The van der Waals surface area contributed by atoms with Crippen LogP contribution in [0.15, 0.2) is 0 Å². The Morgan fingerprint density at radius 2 is 1.85 bits per heavy atom. The Kier molecular flexibility index (Phi) is 11.1. The van der Waals surface area contributed by atoms with Gasteiger partial charge in [0.05, 0.1) is 0 Å². The lowest BCUT2D eigenvalue weighted by Gasteiger charge is -2.18. The molecule has 1 heterocycles. The highest BCUT2D eigenvalue weighted by atomic mass is 35.5. The highest BCUT2D eigenvalue weighted by Crippen LogP contribution is 2.13. The minimum Gasteiger partial charge on any atom is -0.317 e. The van der Waals surface area contributed by atoms with Crippen molar-refractivity contribution >= 4 is 24.8 Å². The Labute approximate surface area is 94.3 Å². The third-order valence-corrected chi connectivity index (χ3v) is 2.32. The van der Waals surface area contributed by atoms with Crippen molar-refractivity contribution in [2.45, 2.75) is 19.3 Å². The minimum absolute atomic E-state index is 0. The molecular formula is C9H22Cl2N2. The van der Waals surface area contributed by atoms with Crippen molar-refractivity contribution in [2.24, 2.45) is 5.92 Å². The predicted octanol–water partition coefficient (Wildman–Crippen LogP) is 1.78. The number of hydrogen-bond donors (Lipinski definition) is 1. The second kappa shape index (κ2) is 9.07. The fourth-order valence-corrected chi connectivity index (χ4v) is 1.79. The van der Waals surface area contributed by atoms with Crippen LogP contribution in [0.5, 0.6) is 0 Å². The van der Waals surface area contributed by atoms with E-state index in [2.05, 4.69) is 24.3 Å². The van der Waals surface area contributed by atoms with Crippen LogP contribution in [0.2, 0.25) is 0 Å². The molecule has 4 heteroatoms. The summed E-state index contributed by atoms with van der Waals surface area (Å²) in [5, 5.41) is 3.43. The van der Waals surface area contributed by atoms with Gasteiger partial charge in [-0.1, -0.05) is 0 Å². The number of halogens is 2. The molecule has 0 saturated carbocycles. The summed E-state index contributed by atoms with van der Waals surface area (Å²) < 4.78 is 0. The first kappa shape index (κ1) is 15.9. The molecule has 1 rings (SSSR count). The quantitative estimate of drug-likeness (QED) is 0.776. The lowest BCUT2D eigenvalue weighted by Crippen LogP contribution is -2.22. The van der Waals surface area contributed by atoms with Gasteiger partial charge in [-0.15, -0.1) is 24.8 Å². The summed E-state index contributed by atoms with van der Waals surface area (Å²) in [6.07, 6.45) is 4.13. The number of rotatable bonds is 2. The molecule has 0 spiro atoms. The van der Waals surface area contributed by atoms with E-state index >= 15 is 0 Å². The van der Waals surface area contributed by atoms with Crippen molar-refractivity contribution in [3.05, 3.63) is 0 Å². The highest BCUT2D eigenvalue weighted by Gasteiger charge is 2.11. The average Bonchev–Trinajstić information content (AvgIpc) is 2.14. The summed E-state index contributed by atoms with van der Waals surface area (Å²) >= 11 is 0. The van der Waals surface area contributed by atoms with E-state index < -0.39 is 0 Å². The first-order chi connectivity index (χ1) is 5.29. The molecule has 1 atom stereocenters. The van der Waals surface area contributed by atoms with E-state index in [1.165, 1.54) is 38.9 Å². The predicted molar refractivity (Wildman–Crippen MR) is 63.3 cm³/mol. The monoisotopic (exact) mass is 228 g/mol. The smallest absolute Gasteiger partial charge is 0.000404 e. The van der Waals surface area contributed by atoms with Crippen LogP contribution in [0.3, 0.4) is 0 Å². The lowest BCUT2D eigenvalue weighted by atomic mass is 10.0. The Bertz CT molecular complexity index is 102. The molecule has 2 nitrogen and oxygen atoms in total. The van der Waals surface area contributed by atoms with Crippen LogP contribution in [0.4, 0.5) is 0 Å². The van der Waals surface area contributed by atoms with Gasteiger partial charge >= 0.3 is 0 Å². The highest BCUT2D eigenvalue weighted by molar-refractivity contribution is 5.85. The largest absolute Gasteiger partial charge is 0.317 e. The maximum Gasteiger partial charge on any atom is 0.000404 e. The molecule has 0 amide bonds. The second-order valence-electron chi connectivity index (χ2n) is 3.81. The van der Waals surface area contributed by atoms with Crippen LogP contribution in [0, 0.1) is 5.92 Å². The fraction of sp³-hybridized carbons (Fsp3) is 1.00. The Hall–Kier alpha value is 0.500. The normalized spacial score (nSPS) is 22.8. The molecule has 1 saturated heterocycles. The molecule has 0 aromatic rings. The molecule has 0 aliphatic carbocycles. The summed E-state index contributed by atoms with van der Waals surface area (Å²) in [5.41, 5.74) is 0. The topological polar surface area (TPSA) is 15.3 Å². The first-order valence-electron chi connectivity index (χ1n) is 4.64. The van der Waals surface area contributed by atoms with Crippen LogP contribution >= 0.6 is 24.8 Å². The van der Waals surface area contributed by atoms with Crippen molar-refractivity contribution in [3.63, 3.8) is 0 Å². The molecule has 1 N–H and O–H groups in total. The SMILES string of the molecule is CN(C)CC1CCCNCC1.Cl.Cl.